The lowest BCUT2D eigenvalue weighted by Gasteiger charge is -2.56. The van der Waals surface area contributed by atoms with Crippen LogP contribution in [0.4, 0.5) is 0 Å². The van der Waals surface area contributed by atoms with Gasteiger partial charge in [-0.05, 0) is 124 Å². The Kier molecular flexibility index (Phi) is 9.95. The van der Waals surface area contributed by atoms with E-state index in [4.69, 9.17) is 9.47 Å². The zero-order valence-corrected chi connectivity index (χ0v) is 24.1. The SMILES string of the molecule is CC[C@@H](O)CC1[C@H]([C@@H]2CCC([C@H](C)CCC(=O)OC)C2)CC[C@@H]2C[C@H](OC(=O)c3ccccc3)CC[C@]12C. The quantitative estimate of drug-likeness (QED) is 0.326. The monoisotopic (exact) mass is 526 g/mol. The molecule has 3 aliphatic carbocycles. The van der Waals surface area contributed by atoms with Crippen molar-refractivity contribution >= 4 is 11.9 Å². The lowest BCUT2D eigenvalue weighted by Crippen LogP contribution is -2.50. The Hall–Kier alpha value is -1.88. The van der Waals surface area contributed by atoms with E-state index in [1.165, 1.54) is 39.2 Å². The maximum absolute atomic E-state index is 12.7. The second-order valence-electron chi connectivity index (χ2n) is 12.9. The summed E-state index contributed by atoms with van der Waals surface area (Å²) in [7, 11) is 1.47. The van der Waals surface area contributed by atoms with Crippen molar-refractivity contribution in [3.05, 3.63) is 35.9 Å². The molecule has 4 rings (SSSR count). The van der Waals surface area contributed by atoms with E-state index in [1.807, 2.05) is 30.3 Å². The number of methoxy groups -OCH3 is 1. The third-order valence-electron chi connectivity index (χ3n) is 10.9. The van der Waals surface area contributed by atoms with Gasteiger partial charge in [0.25, 0.3) is 0 Å². The van der Waals surface area contributed by atoms with Crippen molar-refractivity contribution in [2.75, 3.05) is 7.11 Å². The summed E-state index contributed by atoms with van der Waals surface area (Å²) in [5, 5.41) is 10.8. The fraction of sp³-hybridized carbons (Fsp3) is 0.758. The van der Waals surface area contributed by atoms with E-state index < -0.39 is 0 Å². The average molecular weight is 527 g/mol. The summed E-state index contributed by atoms with van der Waals surface area (Å²) in [6, 6.07) is 9.34. The second kappa shape index (κ2) is 13.0. The molecule has 1 aromatic carbocycles. The minimum Gasteiger partial charge on any atom is -0.469 e. The van der Waals surface area contributed by atoms with Gasteiger partial charge in [-0.1, -0.05) is 39.0 Å². The van der Waals surface area contributed by atoms with Crippen LogP contribution in [0.5, 0.6) is 0 Å². The zero-order chi connectivity index (χ0) is 27.3. The van der Waals surface area contributed by atoms with Gasteiger partial charge in [0.1, 0.15) is 6.10 Å². The number of aliphatic hydroxyl groups excluding tert-OH is 1. The summed E-state index contributed by atoms with van der Waals surface area (Å²) in [4.78, 5) is 24.4. The summed E-state index contributed by atoms with van der Waals surface area (Å²) in [5.74, 6) is 3.32. The molecule has 212 valence electrons. The number of carbonyl (C=O) groups excluding carboxylic acids is 2. The van der Waals surface area contributed by atoms with Crippen molar-refractivity contribution in [2.45, 2.75) is 110 Å². The topological polar surface area (TPSA) is 72.8 Å². The van der Waals surface area contributed by atoms with Crippen LogP contribution < -0.4 is 0 Å². The van der Waals surface area contributed by atoms with Crippen molar-refractivity contribution in [3.63, 3.8) is 0 Å². The van der Waals surface area contributed by atoms with Gasteiger partial charge in [0.05, 0.1) is 18.8 Å². The predicted molar refractivity (Wildman–Crippen MR) is 149 cm³/mol. The molecule has 3 fully saturated rings. The molecular weight excluding hydrogens is 476 g/mol. The van der Waals surface area contributed by atoms with Crippen molar-refractivity contribution in [1.29, 1.82) is 0 Å². The first kappa shape index (κ1) is 29.1. The van der Waals surface area contributed by atoms with Crippen LogP contribution in [0.15, 0.2) is 30.3 Å². The lowest BCUT2D eigenvalue weighted by molar-refractivity contribution is -0.141. The van der Waals surface area contributed by atoms with Crippen LogP contribution >= 0.6 is 0 Å². The highest BCUT2D eigenvalue weighted by molar-refractivity contribution is 5.89. The van der Waals surface area contributed by atoms with Gasteiger partial charge in [0.15, 0.2) is 0 Å². The van der Waals surface area contributed by atoms with Crippen molar-refractivity contribution in [1.82, 2.24) is 0 Å². The highest BCUT2D eigenvalue weighted by atomic mass is 16.5. The first-order valence-electron chi connectivity index (χ1n) is 15.3. The van der Waals surface area contributed by atoms with Crippen LogP contribution in [-0.4, -0.2) is 36.4 Å². The van der Waals surface area contributed by atoms with Crippen LogP contribution in [0.2, 0.25) is 0 Å². The summed E-state index contributed by atoms with van der Waals surface area (Å²) >= 11 is 0. The molecular formula is C33H50O5. The molecule has 2 unspecified atom stereocenters. The molecule has 1 N–H and O–H groups in total. The predicted octanol–water partition coefficient (Wildman–Crippen LogP) is 7.21. The molecule has 3 aliphatic rings. The average Bonchev–Trinajstić information content (AvgIpc) is 3.43. The normalized spacial score (nSPS) is 34.7. The third kappa shape index (κ3) is 6.63. The van der Waals surface area contributed by atoms with Gasteiger partial charge in [-0.25, -0.2) is 4.79 Å². The maximum atomic E-state index is 12.7. The van der Waals surface area contributed by atoms with Crippen LogP contribution in [0.25, 0.3) is 0 Å². The number of fused-ring (bicyclic) bond motifs is 1. The standard InChI is InChI=1S/C33H50O5/c1-5-27(34)21-30-29(25-13-12-24(19-25)22(2)11-16-31(35)37-4)15-14-26-20-28(17-18-33(26,30)3)38-32(36)23-9-7-6-8-10-23/h6-10,22,24-30,34H,5,11-21H2,1-4H3/t22-,24?,25-,26-,27-,28-,29+,30?,33+/m1/s1. The van der Waals surface area contributed by atoms with E-state index in [0.717, 1.165) is 38.5 Å². The molecule has 0 saturated heterocycles. The molecule has 1 aromatic rings. The molecule has 5 heteroatoms. The van der Waals surface area contributed by atoms with Gasteiger partial charge >= 0.3 is 11.9 Å². The molecule has 0 radical (unpaired) electrons. The molecule has 3 saturated carbocycles. The highest BCUT2D eigenvalue weighted by Crippen LogP contribution is 2.60. The summed E-state index contributed by atoms with van der Waals surface area (Å²) < 4.78 is 10.9. The van der Waals surface area contributed by atoms with Crippen LogP contribution in [0.3, 0.4) is 0 Å². The van der Waals surface area contributed by atoms with Gasteiger partial charge in [-0.3, -0.25) is 4.79 Å². The third-order valence-corrected chi connectivity index (χ3v) is 10.9. The van der Waals surface area contributed by atoms with Crippen LogP contribution in [0, 0.1) is 40.9 Å². The summed E-state index contributed by atoms with van der Waals surface area (Å²) in [6.07, 6.45) is 12.0. The molecule has 38 heavy (non-hydrogen) atoms. The van der Waals surface area contributed by atoms with E-state index >= 15 is 0 Å². The molecule has 0 aromatic heterocycles. The highest BCUT2D eigenvalue weighted by Gasteiger charge is 2.53. The first-order valence-corrected chi connectivity index (χ1v) is 15.3. The summed E-state index contributed by atoms with van der Waals surface area (Å²) in [6.45, 7) is 6.89. The number of hydrogen-bond donors (Lipinski definition) is 1. The van der Waals surface area contributed by atoms with Gasteiger partial charge < -0.3 is 14.6 Å². The molecule has 5 nitrogen and oxygen atoms in total. The summed E-state index contributed by atoms with van der Waals surface area (Å²) in [5.41, 5.74) is 0.814. The Morgan fingerprint density at radius 3 is 2.55 bits per heavy atom. The van der Waals surface area contributed by atoms with Crippen molar-refractivity contribution in [3.8, 4) is 0 Å². The van der Waals surface area contributed by atoms with Crippen LogP contribution in [0.1, 0.15) is 108 Å². The minimum atomic E-state index is -0.247. The smallest absolute Gasteiger partial charge is 0.338 e. The van der Waals surface area contributed by atoms with E-state index in [1.54, 1.807) is 0 Å². The largest absolute Gasteiger partial charge is 0.469 e. The van der Waals surface area contributed by atoms with E-state index in [9.17, 15) is 14.7 Å². The van der Waals surface area contributed by atoms with E-state index in [0.29, 0.717) is 47.5 Å². The number of ether oxygens (including phenoxy) is 2. The molecule has 0 heterocycles. The Morgan fingerprint density at radius 1 is 1.08 bits per heavy atom. The van der Waals surface area contributed by atoms with Crippen molar-refractivity contribution in [2.24, 2.45) is 40.9 Å². The fourth-order valence-electron chi connectivity index (χ4n) is 8.41. The number of hydrogen-bond acceptors (Lipinski definition) is 5. The van der Waals surface area contributed by atoms with Gasteiger partial charge in [0, 0.05) is 6.42 Å². The van der Waals surface area contributed by atoms with E-state index in [-0.39, 0.29) is 29.6 Å². The second-order valence-corrected chi connectivity index (χ2v) is 12.9. The van der Waals surface area contributed by atoms with E-state index in [2.05, 4.69) is 20.8 Å². The van der Waals surface area contributed by atoms with Gasteiger partial charge in [0.2, 0.25) is 0 Å². The zero-order valence-electron chi connectivity index (χ0n) is 24.1. The lowest BCUT2D eigenvalue weighted by atomic mass is 9.49. The number of aliphatic hydroxyl groups is 1. The minimum absolute atomic E-state index is 0.0133. The molecule has 0 aliphatic heterocycles. The Labute approximate surface area is 230 Å². The van der Waals surface area contributed by atoms with Gasteiger partial charge in [-0.2, -0.15) is 0 Å². The fourth-order valence-corrected chi connectivity index (χ4v) is 8.41. The number of esters is 2. The molecule has 9 atom stereocenters. The Balaban J connectivity index is 1.42. The molecule has 0 spiro atoms. The Bertz CT molecular complexity index is 915. The van der Waals surface area contributed by atoms with Gasteiger partial charge in [-0.15, -0.1) is 0 Å². The maximum Gasteiger partial charge on any atom is 0.338 e. The van der Waals surface area contributed by atoms with Crippen LogP contribution in [-0.2, 0) is 14.3 Å². The number of rotatable bonds is 10. The molecule has 0 amide bonds. The first-order chi connectivity index (χ1) is 18.2. The Morgan fingerprint density at radius 2 is 1.84 bits per heavy atom. The van der Waals surface area contributed by atoms with Crippen molar-refractivity contribution < 1.29 is 24.2 Å². The number of carbonyl (C=O) groups is 2. The molecule has 0 bridgehead atoms. The number of benzene rings is 1.